The van der Waals surface area contributed by atoms with E-state index in [2.05, 4.69) is 41.4 Å². The molecule has 0 spiro atoms. The fourth-order valence-electron chi connectivity index (χ4n) is 2.77. The number of rotatable bonds is 2. The number of aromatic nitrogens is 2. The molecular formula is C17H14BrN7O2. The van der Waals surface area contributed by atoms with Gasteiger partial charge in [0.05, 0.1) is 11.3 Å². The summed E-state index contributed by atoms with van der Waals surface area (Å²) in [5.74, 6) is -0.351. The van der Waals surface area contributed by atoms with Gasteiger partial charge in [-0.05, 0) is 35.0 Å². The molecule has 1 aromatic carbocycles. The summed E-state index contributed by atoms with van der Waals surface area (Å²) in [6, 6.07) is 8.76. The Labute approximate surface area is 162 Å². The number of hydrogen-bond acceptors (Lipinski definition) is 6. The van der Waals surface area contributed by atoms with Gasteiger partial charge in [0.1, 0.15) is 17.6 Å². The summed E-state index contributed by atoms with van der Waals surface area (Å²) in [4.78, 5) is 33.3. The van der Waals surface area contributed by atoms with Crippen LogP contribution in [-0.4, -0.2) is 51.7 Å². The van der Waals surface area contributed by atoms with E-state index in [1.54, 1.807) is 38.2 Å². The van der Waals surface area contributed by atoms with Gasteiger partial charge in [-0.2, -0.15) is 24.9 Å². The Hall–Kier alpha value is -3.14. The molecular weight excluding hydrogens is 414 g/mol. The lowest BCUT2D eigenvalue weighted by atomic mass is 10.1. The summed E-state index contributed by atoms with van der Waals surface area (Å²) in [6.07, 6.45) is 1.51. The van der Waals surface area contributed by atoms with Crippen LogP contribution in [0.15, 0.2) is 49.9 Å². The van der Waals surface area contributed by atoms with Crippen molar-refractivity contribution in [2.75, 3.05) is 12.4 Å². The number of carbonyl (C=O) groups is 2. The van der Waals surface area contributed by atoms with Gasteiger partial charge in [0.15, 0.2) is 0 Å². The van der Waals surface area contributed by atoms with Crippen LogP contribution in [0, 0.1) is 12.8 Å². The molecule has 0 saturated carbocycles. The fraction of sp³-hybridized carbons (Fsp3) is 0.176. The first-order valence-electron chi connectivity index (χ1n) is 8.06. The van der Waals surface area contributed by atoms with Crippen LogP contribution in [0.4, 0.5) is 5.82 Å². The number of amidine groups is 1. The van der Waals surface area contributed by atoms with Crippen molar-refractivity contribution in [3.8, 4) is 0 Å². The van der Waals surface area contributed by atoms with Gasteiger partial charge in [-0.15, -0.1) is 0 Å². The maximum atomic E-state index is 12.6. The maximum absolute atomic E-state index is 12.6. The quantitative estimate of drug-likeness (QED) is 0.789. The van der Waals surface area contributed by atoms with Gasteiger partial charge in [0.2, 0.25) is 0 Å². The molecule has 0 bridgehead atoms. The number of nitrogens with zero attached hydrogens (tertiary/aromatic N) is 6. The molecule has 27 heavy (non-hydrogen) atoms. The number of hydrogen-bond donors (Lipinski definition) is 1. The van der Waals surface area contributed by atoms with Gasteiger partial charge < -0.3 is 5.32 Å². The Bertz CT molecular complexity index is 1050. The van der Waals surface area contributed by atoms with E-state index < -0.39 is 5.92 Å². The van der Waals surface area contributed by atoms with Crippen LogP contribution in [0.2, 0.25) is 0 Å². The van der Waals surface area contributed by atoms with Gasteiger partial charge in [-0.1, -0.05) is 12.1 Å². The second-order valence-corrected chi connectivity index (χ2v) is 6.86. The van der Waals surface area contributed by atoms with Crippen molar-refractivity contribution >= 4 is 51.6 Å². The molecule has 2 aromatic rings. The highest BCUT2D eigenvalue weighted by atomic mass is 79.9. The fourth-order valence-corrected chi connectivity index (χ4v) is 3.23. The zero-order valence-electron chi connectivity index (χ0n) is 14.4. The molecule has 10 heteroatoms. The van der Waals surface area contributed by atoms with E-state index in [-0.39, 0.29) is 17.8 Å². The Morgan fingerprint density at radius 1 is 1.26 bits per heavy atom. The molecule has 1 atom stereocenters. The SMILES string of the molecule is Cc1cc(NC(=O)c2ccccc2Br)n(C2=NC(=O)C3C=NN(C)C3=N2)n1. The Kier molecular flexibility index (Phi) is 4.19. The lowest BCUT2D eigenvalue weighted by molar-refractivity contribution is -0.118. The largest absolute Gasteiger partial charge is 0.306 e. The first-order valence-corrected chi connectivity index (χ1v) is 8.85. The molecule has 4 rings (SSSR count). The average molecular weight is 428 g/mol. The van der Waals surface area contributed by atoms with Crippen molar-refractivity contribution in [2.24, 2.45) is 21.0 Å². The monoisotopic (exact) mass is 427 g/mol. The Balaban J connectivity index is 1.68. The summed E-state index contributed by atoms with van der Waals surface area (Å²) in [5.41, 5.74) is 1.12. The minimum Gasteiger partial charge on any atom is -0.306 e. The third-order valence-electron chi connectivity index (χ3n) is 4.07. The number of aliphatic imine (C=N–C) groups is 2. The molecule has 0 fully saturated rings. The zero-order chi connectivity index (χ0) is 19.1. The van der Waals surface area contributed by atoms with Crippen LogP contribution < -0.4 is 5.32 Å². The van der Waals surface area contributed by atoms with Crippen molar-refractivity contribution in [1.29, 1.82) is 0 Å². The lowest BCUT2D eigenvalue weighted by Crippen LogP contribution is -2.35. The number of benzene rings is 1. The number of nitrogens with one attached hydrogen (secondary N) is 1. The number of aryl methyl sites for hydroxylation is 1. The summed E-state index contributed by atoms with van der Waals surface area (Å²) < 4.78 is 2.01. The Morgan fingerprint density at radius 3 is 2.81 bits per heavy atom. The summed E-state index contributed by atoms with van der Waals surface area (Å²) in [6.45, 7) is 1.77. The minimum atomic E-state index is -0.575. The molecule has 2 aliphatic heterocycles. The second-order valence-electron chi connectivity index (χ2n) is 6.00. The highest BCUT2D eigenvalue weighted by Crippen LogP contribution is 2.21. The number of halogens is 1. The van der Waals surface area contributed by atoms with Gasteiger partial charge in [-0.25, -0.2) is 0 Å². The lowest BCUT2D eigenvalue weighted by Gasteiger charge is -2.17. The van der Waals surface area contributed by atoms with E-state index in [1.165, 1.54) is 15.9 Å². The Morgan fingerprint density at radius 2 is 2.04 bits per heavy atom. The zero-order valence-corrected chi connectivity index (χ0v) is 16.0. The van der Waals surface area contributed by atoms with E-state index in [0.29, 0.717) is 27.4 Å². The number of hydrazone groups is 1. The molecule has 9 nitrogen and oxygen atoms in total. The van der Waals surface area contributed by atoms with Crippen LogP contribution in [0.25, 0.3) is 0 Å². The topological polar surface area (TPSA) is 104 Å². The molecule has 2 amide bonds. The maximum Gasteiger partial charge on any atom is 0.265 e. The van der Waals surface area contributed by atoms with Crippen LogP contribution in [0.1, 0.15) is 16.1 Å². The second kappa shape index (κ2) is 6.54. The van der Waals surface area contributed by atoms with Gasteiger partial charge >= 0.3 is 0 Å². The molecule has 136 valence electrons. The molecule has 1 N–H and O–H groups in total. The van der Waals surface area contributed by atoms with E-state index in [9.17, 15) is 9.59 Å². The van der Waals surface area contributed by atoms with Crippen molar-refractivity contribution in [3.63, 3.8) is 0 Å². The summed E-state index contributed by atoms with van der Waals surface area (Å²) in [7, 11) is 1.70. The van der Waals surface area contributed by atoms with E-state index in [0.717, 1.165) is 0 Å². The molecule has 0 aliphatic carbocycles. The van der Waals surface area contributed by atoms with E-state index in [4.69, 9.17) is 0 Å². The van der Waals surface area contributed by atoms with Crippen molar-refractivity contribution < 1.29 is 9.59 Å². The van der Waals surface area contributed by atoms with E-state index in [1.807, 2.05) is 6.07 Å². The molecule has 2 aliphatic rings. The van der Waals surface area contributed by atoms with Gasteiger partial charge in [-0.3, -0.25) is 14.6 Å². The van der Waals surface area contributed by atoms with Gasteiger partial charge in [0.25, 0.3) is 17.8 Å². The smallest absolute Gasteiger partial charge is 0.265 e. The van der Waals surface area contributed by atoms with Crippen LogP contribution >= 0.6 is 15.9 Å². The molecule has 0 radical (unpaired) electrons. The first-order chi connectivity index (χ1) is 12.9. The van der Waals surface area contributed by atoms with Crippen LogP contribution in [0.3, 0.4) is 0 Å². The van der Waals surface area contributed by atoms with Crippen molar-refractivity contribution in [1.82, 2.24) is 14.8 Å². The van der Waals surface area contributed by atoms with Crippen LogP contribution in [0.5, 0.6) is 0 Å². The standard InChI is InChI=1S/C17H14BrN7O2/c1-9-7-13(20-15(26)10-5-3-4-6-12(10)18)25(23-9)17-21-14-11(16(27)22-17)8-19-24(14)2/h3-8,11H,1-2H3,(H,20,26). The average Bonchev–Trinajstić information content (AvgIpc) is 3.18. The summed E-state index contributed by atoms with van der Waals surface area (Å²) >= 11 is 3.36. The minimum absolute atomic E-state index is 0.0825. The third kappa shape index (κ3) is 3.08. The normalized spacial score (nSPS) is 18.3. The number of anilines is 1. The molecule has 1 unspecified atom stereocenters. The van der Waals surface area contributed by atoms with Crippen molar-refractivity contribution in [2.45, 2.75) is 6.92 Å². The predicted octanol–water partition coefficient (Wildman–Crippen LogP) is 1.90. The molecule has 0 saturated heterocycles. The van der Waals surface area contributed by atoms with E-state index >= 15 is 0 Å². The van der Waals surface area contributed by atoms with Gasteiger partial charge in [0, 0.05) is 23.8 Å². The number of amides is 2. The number of carbonyl (C=O) groups excluding carboxylic acids is 2. The molecule has 1 aromatic heterocycles. The highest BCUT2D eigenvalue weighted by Gasteiger charge is 2.35. The number of fused-ring (bicyclic) bond motifs is 1. The third-order valence-corrected chi connectivity index (χ3v) is 4.76. The predicted molar refractivity (Wildman–Crippen MR) is 104 cm³/mol. The first kappa shape index (κ1) is 17.3. The summed E-state index contributed by atoms with van der Waals surface area (Å²) in [5, 5.41) is 12.7. The molecule has 3 heterocycles. The highest BCUT2D eigenvalue weighted by molar-refractivity contribution is 9.10. The van der Waals surface area contributed by atoms with Crippen molar-refractivity contribution in [3.05, 3.63) is 46.1 Å². The van der Waals surface area contributed by atoms with Crippen LogP contribution in [-0.2, 0) is 4.79 Å².